The van der Waals surface area contributed by atoms with Crippen LogP contribution < -0.4 is 4.72 Å². The molecule has 0 saturated heterocycles. The van der Waals surface area contributed by atoms with E-state index in [1.807, 2.05) is 36.2 Å². The van der Waals surface area contributed by atoms with E-state index in [0.29, 0.717) is 0 Å². The van der Waals surface area contributed by atoms with Gasteiger partial charge in [0.2, 0.25) is 0 Å². The van der Waals surface area contributed by atoms with Gasteiger partial charge in [0.05, 0.1) is 14.8 Å². The number of nitrogens with zero attached hydrogens (tertiary/aromatic N) is 1. The van der Waals surface area contributed by atoms with Crippen LogP contribution in [0.5, 0.6) is 0 Å². The molecule has 0 aliphatic heterocycles. The molecule has 2 nitrogen and oxygen atoms in total. The Labute approximate surface area is 114 Å². The van der Waals surface area contributed by atoms with Gasteiger partial charge in [-0.05, 0) is 42.5 Å². The molecule has 5 heteroatoms. The summed E-state index contributed by atoms with van der Waals surface area (Å²) < 4.78 is 4.64. The smallest absolute Gasteiger partial charge is 0.0802 e. The SMILES string of the molecule is CSCCNSc1ccc(-c2ccccn2)s1. The number of thioether (sulfide) groups is 1. The molecule has 17 heavy (non-hydrogen) atoms. The highest BCUT2D eigenvalue weighted by atomic mass is 32.2. The molecule has 0 atom stereocenters. The molecular weight excluding hydrogens is 268 g/mol. The highest BCUT2D eigenvalue weighted by Crippen LogP contribution is 2.31. The third-order valence-electron chi connectivity index (χ3n) is 2.08. The van der Waals surface area contributed by atoms with E-state index in [0.717, 1.165) is 18.0 Å². The molecule has 0 bridgehead atoms. The average Bonchev–Trinajstić information content (AvgIpc) is 2.85. The Balaban J connectivity index is 1.92. The lowest BCUT2D eigenvalue weighted by molar-refractivity contribution is 1.05. The molecule has 2 aromatic rings. The molecule has 90 valence electrons. The van der Waals surface area contributed by atoms with Crippen molar-refractivity contribution in [1.82, 2.24) is 9.71 Å². The van der Waals surface area contributed by atoms with Gasteiger partial charge in [0.25, 0.3) is 0 Å². The second kappa shape index (κ2) is 7.06. The van der Waals surface area contributed by atoms with Crippen molar-refractivity contribution in [1.29, 1.82) is 0 Å². The van der Waals surface area contributed by atoms with Crippen molar-refractivity contribution in [2.45, 2.75) is 4.21 Å². The van der Waals surface area contributed by atoms with Gasteiger partial charge in [-0.2, -0.15) is 11.8 Å². The maximum Gasteiger partial charge on any atom is 0.0802 e. The predicted octanol–water partition coefficient (Wildman–Crippen LogP) is 3.77. The van der Waals surface area contributed by atoms with Crippen LogP contribution in [0.2, 0.25) is 0 Å². The van der Waals surface area contributed by atoms with E-state index in [1.54, 1.807) is 23.3 Å². The van der Waals surface area contributed by atoms with Crippen LogP contribution in [0.4, 0.5) is 0 Å². The molecular formula is C12H14N2S3. The van der Waals surface area contributed by atoms with E-state index in [2.05, 4.69) is 28.1 Å². The van der Waals surface area contributed by atoms with Gasteiger partial charge in [0.15, 0.2) is 0 Å². The molecule has 0 spiro atoms. The Morgan fingerprint density at radius 3 is 3.00 bits per heavy atom. The molecule has 0 saturated carbocycles. The van der Waals surface area contributed by atoms with Crippen molar-refractivity contribution >= 4 is 35.0 Å². The topological polar surface area (TPSA) is 24.9 Å². The van der Waals surface area contributed by atoms with E-state index in [-0.39, 0.29) is 0 Å². The van der Waals surface area contributed by atoms with Crippen LogP contribution >= 0.6 is 35.0 Å². The maximum absolute atomic E-state index is 4.35. The Morgan fingerprint density at radius 1 is 1.29 bits per heavy atom. The molecule has 0 unspecified atom stereocenters. The van der Waals surface area contributed by atoms with Gasteiger partial charge in [-0.1, -0.05) is 6.07 Å². The van der Waals surface area contributed by atoms with Crippen molar-refractivity contribution < 1.29 is 0 Å². The normalized spacial score (nSPS) is 10.6. The first kappa shape index (κ1) is 13.0. The number of rotatable bonds is 6. The Bertz CT molecular complexity index is 442. The Morgan fingerprint density at radius 2 is 2.24 bits per heavy atom. The van der Waals surface area contributed by atoms with Crippen molar-refractivity contribution in [2.24, 2.45) is 0 Å². The second-order valence-corrected chi connectivity index (χ2v) is 6.58. The van der Waals surface area contributed by atoms with Crippen molar-refractivity contribution in [3.63, 3.8) is 0 Å². The van der Waals surface area contributed by atoms with Crippen LogP contribution in [0.15, 0.2) is 40.7 Å². The van der Waals surface area contributed by atoms with Crippen LogP contribution in [0, 0.1) is 0 Å². The van der Waals surface area contributed by atoms with Gasteiger partial charge in [0.1, 0.15) is 0 Å². The van der Waals surface area contributed by atoms with Crippen LogP contribution in [-0.2, 0) is 0 Å². The average molecular weight is 282 g/mol. The number of pyridine rings is 1. The molecule has 0 aliphatic carbocycles. The predicted molar refractivity (Wildman–Crippen MR) is 79.8 cm³/mol. The lowest BCUT2D eigenvalue weighted by atomic mass is 10.3. The summed E-state index contributed by atoms with van der Waals surface area (Å²) in [5.41, 5.74) is 1.05. The summed E-state index contributed by atoms with van der Waals surface area (Å²) in [6.45, 7) is 1.03. The summed E-state index contributed by atoms with van der Waals surface area (Å²) in [7, 11) is 0. The maximum atomic E-state index is 4.35. The zero-order chi connectivity index (χ0) is 11.9. The first-order chi connectivity index (χ1) is 8.40. The van der Waals surface area contributed by atoms with Gasteiger partial charge < -0.3 is 0 Å². The monoisotopic (exact) mass is 282 g/mol. The largest absolute Gasteiger partial charge is 0.258 e. The van der Waals surface area contributed by atoms with Crippen molar-refractivity contribution in [3.8, 4) is 10.6 Å². The van der Waals surface area contributed by atoms with E-state index >= 15 is 0 Å². The third kappa shape index (κ3) is 4.03. The lowest BCUT2D eigenvalue weighted by Crippen LogP contribution is -2.06. The van der Waals surface area contributed by atoms with E-state index in [1.165, 1.54) is 9.09 Å². The van der Waals surface area contributed by atoms with Crippen LogP contribution in [0.1, 0.15) is 0 Å². The standard InChI is InChI=1S/C12H14N2S3/c1-15-9-8-14-17-12-6-5-11(16-12)10-4-2-3-7-13-10/h2-7,14H,8-9H2,1H3. The summed E-state index contributed by atoms with van der Waals surface area (Å²) in [6.07, 6.45) is 3.95. The number of hydrogen-bond donors (Lipinski definition) is 1. The molecule has 0 amide bonds. The van der Waals surface area contributed by atoms with Gasteiger partial charge in [-0.3, -0.25) is 9.71 Å². The summed E-state index contributed by atoms with van der Waals surface area (Å²) in [4.78, 5) is 5.57. The van der Waals surface area contributed by atoms with Crippen LogP contribution in [0.3, 0.4) is 0 Å². The fraction of sp³-hybridized carbons (Fsp3) is 0.250. The van der Waals surface area contributed by atoms with Crippen molar-refractivity contribution in [3.05, 3.63) is 36.5 Å². The number of thiophene rings is 1. The van der Waals surface area contributed by atoms with Crippen molar-refractivity contribution in [2.75, 3.05) is 18.6 Å². The minimum atomic E-state index is 1.03. The van der Waals surface area contributed by atoms with E-state index < -0.39 is 0 Å². The first-order valence-electron chi connectivity index (χ1n) is 5.30. The van der Waals surface area contributed by atoms with Gasteiger partial charge in [-0.15, -0.1) is 11.3 Å². The fourth-order valence-electron chi connectivity index (χ4n) is 1.29. The second-order valence-electron chi connectivity index (χ2n) is 3.32. The quantitative estimate of drug-likeness (QED) is 0.644. The fourth-order valence-corrected chi connectivity index (χ4v) is 3.53. The zero-order valence-corrected chi connectivity index (χ0v) is 12.0. The van der Waals surface area contributed by atoms with E-state index in [9.17, 15) is 0 Å². The number of hydrogen-bond acceptors (Lipinski definition) is 5. The summed E-state index contributed by atoms with van der Waals surface area (Å²) in [6, 6.07) is 10.3. The Hall–Kier alpha value is -0.490. The molecule has 2 aromatic heterocycles. The van der Waals surface area contributed by atoms with Crippen LogP contribution in [-0.4, -0.2) is 23.5 Å². The molecule has 0 aromatic carbocycles. The van der Waals surface area contributed by atoms with Gasteiger partial charge in [-0.25, -0.2) is 0 Å². The van der Waals surface area contributed by atoms with Gasteiger partial charge >= 0.3 is 0 Å². The zero-order valence-electron chi connectivity index (χ0n) is 9.55. The number of aromatic nitrogens is 1. The number of nitrogens with one attached hydrogen (secondary N) is 1. The highest BCUT2D eigenvalue weighted by Gasteiger charge is 2.03. The highest BCUT2D eigenvalue weighted by molar-refractivity contribution is 7.99. The summed E-state index contributed by atoms with van der Waals surface area (Å²) in [5, 5.41) is 0. The third-order valence-corrected chi connectivity index (χ3v) is 4.78. The molecule has 1 N–H and O–H groups in total. The molecule has 0 aliphatic rings. The summed E-state index contributed by atoms with van der Waals surface area (Å²) >= 11 is 5.33. The summed E-state index contributed by atoms with van der Waals surface area (Å²) in [5.74, 6) is 1.14. The molecule has 0 radical (unpaired) electrons. The molecule has 2 heterocycles. The first-order valence-corrected chi connectivity index (χ1v) is 8.32. The van der Waals surface area contributed by atoms with E-state index in [4.69, 9.17) is 0 Å². The van der Waals surface area contributed by atoms with Crippen LogP contribution in [0.25, 0.3) is 10.6 Å². The van der Waals surface area contributed by atoms with Gasteiger partial charge in [0, 0.05) is 18.5 Å². The minimum absolute atomic E-state index is 1.03. The molecule has 0 fully saturated rings. The molecule has 2 rings (SSSR count). The Kier molecular flexibility index (Phi) is 5.38. The lowest BCUT2D eigenvalue weighted by Gasteiger charge is -1.99. The minimum Gasteiger partial charge on any atom is -0.258 e.